The molecule has 2 aliphatic heterocycles. The first kappa shape index (κ1) is 21.8. The van der Waals surface area contributed by atoms with Crippen molar-refractivity contribution in [1.29, 1.82) is 0 Å². The fourth-order valence-electron chi connectivity index (χ4n) is 4.33. The molecule has 2 N–H and O–H groups in total. The van der Waals surface area contributed by atoms with E-state index in [0.29, 0.717) is 45.6 Å². The maximum absolute atomic E-state index is 13.9. The van der Waals surface area contributed by atoms with Crippen LogP contribution in [0.25, 0.3) is 11.6 Å². The van der Waals surface area contributed by atoms with Gasteiger partial charge in [0, 0.05) is 47.5 Å². The van der Waals surface area contributed by atoms with Gasteiger partial charge < -0.3 is 20.1 Å². The number of H-pyrrole nitrogens is 1. The molecule has 2 aromatic rings. The van der Waals surface area contributed by atoms with Crippen molar-refractivity contribution in [3.8, 4) is 0 Å². The van der Waals surface area contributed by atoms with Crippen molar-refractivity contribution in [2.75, 3.05) is 38.0 Å². The molecule has 0 unspecified atom stereocenters. The van der Waals surface area contributed by atoms with Crippen molar-refractivity contribution in [3.63, 3.8) is 0 Å². The van der Waals surface area contributed by atoms with E-state index in [-0.39, 0.29) is 11.8 Å². The van der Waals surface area contributed by atoms with Crippen LogP contribution in [-0.4, -0.2) is 59.3 Å². The molecule has 31 heavy (non-hydrogen) atoms. The second-order valence-electron chi connectivity index (χ2n) is 7.91. The summed E-state index contributed by atoms with van der Waals surface area (Å²) < 4.78 is 14.4. The monoisotopic (exact) mass is 488 g/mol. The van der Waals surface area contributed by atoms with Crippen LogP contribution in [0.5, 0.6) is 0 Å². The molecule has 3 heterocycles. The fraction of sp³-hybridized carbons (Fsp3) is 0.391. The SMILES string of the molecule is CCN(CC)CCN1CCc2[nH]c(/C=C3\C(=O)Nc4c(Br)cc(F)cc43)c(C)c2C1=O. The molecule has 0 saturated carbocycles. The zero-order chi connectivity index (χ0) is 22.3. The van der Waals surface area contributed by atoms with Crippen LogP contribution in [-0.2, 0) is 11.2 Å². The van der Waals surface area contributed by atoms with Crippen LogP contribution in [0.2, 0.25) is 0 Å². The highest BCUT2D eigenvalue weighted by molar-refractivity contribution is 9.10. The third-order valence-electron chi connectivity index (χ3n) is 6.20. The number of carbonyl (C=O) groups is 2. The van der Waals surface area contributed by atoms with Crippen LogP contribution in [0.3, 0.4) is 0 Å². The van der Waals surface area contributed by atoms with E-state index in [2.05, 4.69) is 45.0 Å². The number of benzene rings is 1. The number of anilines is 1. The van der Waals surface area contributed by atoms with Crippen LogP contribution >= 0.6 is 15.9 Å². The molecule has 0 atom stereocenters. The molecular formula is C23H26BrFN4O2. The van der Waals surface area contributed by atoms with E-state index >= 15 is 0 Å². The van der Waals surface area contributed by atoms with Crippen LogP contribution in [0.4, 0.5) is 10.1 Å². The Balaban J connectivity index is 1.64. The quantitative estimate of drug-likeness (QED) is 0.602. The molecule has 1 aromatic carbocycles. The molecule has 164 valence electrons. The number of aromatic amines is 1. The van der Waals surface area contributed by atoms with Gasteiger partial charge in [-0.3, -0.25) is 9.59 Å². The summed E-state index contributed by atoms with van der Waals surface area (Å²) in [6.07, 6.45) is 2.46. The number of likely N-dealkylation sites (N-methyl/N-ethyl adjacent to an activating group) is 1. The summed E-state index contributed by atoms with van der Waals surface area (Å²) in [4.78, 5) is 33.3. The van der Waals surface area contributed by atoms with Crippen molar-refractivity contribution in [1.82, 2.24) is 14.8 Å². The summed E-state index contributed by atoms with van der Waals surface area (Å²) >= 11 is 3.31. The van der Waals surface area contributed by atoms with Gasteiger partial charge in [-0.2, -0.15) is 0 Å². The summed E-state index contributed by atoms with van der Waals surface area (Å²) in [7, 11) is 0. The van der Waals surface area contributed by atoms with E-state index < -0.39 is 5.82 Å². The molecule has 0 radical (unpaired) electrons. The van der Waals surface area contributed by atoms with Gasteiger partial charge in [0.25, 0.3) is 11.8 Å². The molecule has 0 spiro atoms. The summed E-state index contributed by atoms with van der Waals surface area (Å²) in [5, 5.41) is 2.78. The molecule has 0 bridgehead atoms. The van der Waals surface area contributed by atoms with Gasteiger partial charge in [0.15, 0.2) is 0 Å². The Morgan fingerprint density at radius 3 is 2.71 bits per heavy atom. The second-order valence-corrected chi connectivity index (χ2v) is 8.76. The Labute approximate surface area is 189 Å². The Bertz CT molecular complexity index is 1090. The van der Waals surface area contributed by atoms with Gasteiger partial charge in [-0.15, -0.1) is 0 Å². The zero-order valence-electron chi connectivity index (χ0n) is 17.9. The summed E-state index contributed by atoms with van der Waals surface area (Å²) in [6.45, 7) is 10.3. The van der Waals surface area contributed by atoms with Crippen molar-refractivity contribution in [2.45, 2.75) is 27.2 Å². The van der Waals surface area contributed by atoms with Crippen molar-refractivity contribution in [2.24, 2.45) is 0 Å². The van der Waals surface area contributed by atoms with Gasteiger partial charge in [0.1, 0.15) is 5.82 Å². The van der Waals surface area contributed by atoms with Gasteiger partial charge in [0.05, 0.1) is 16.8 Å². The molecule has 0 aliphatic carbocycles. The molecule has 8 heteroatoms. The van der Waals surface area contributed by atoms with E-state index in [1.54, 1.807) is 6.08 Å². The average molecular weight is 489 g/mol. The summed E-state index contributed by atoms with van der Waals surface area (Å²) in [5.41, 5.74) is 4.56. The topological polar surface area (TPSA) is 68.4 Å². The summed E-state index contributed by atoms with van der Waals surface area (Å²) in [5.74, 6) is -0.688. The highest BCUT2D eigenvalue weighted by Crippen LogP contribution is 2.39. The standard InChI is InChI=1S/C23H26BrFN4O2/c1-4-28(5-2)8-9-29-7-6-18-20(23(29)31)13(3)19(26-18)12-16-15-10-14(25)11-17(24)21(15)27-22(16)30/h10-12,26H,4-9H2,1-3H3,(H,27,30)/b16-12-. The van der Waals surface area contributed by atoms with Gasteiger partial charge in [-0.05, 0) is 59.7 Å². The smallest absolute Gasteiger partial charge is 0.256 e. The van der Waals surface area contributed by atoms with Crippen LogP contribution < -0.4 is 5.32 Å². The van der Waals surface area contributed by atoms with E-state index in [1.807, 2.05) is 11.8 Å². The third kappa shape index (κ3) is 3.94. The Kier molecular flexibility index (Phi) is 6.03. The van der Waals surface area contributed by atoms with Crippen LogP contribution in [0, 0.1) is 12.7 Å². The first-order chi connectivity index (χ1) is 14.8. The lowest BCUT2D eigenvalue weighted by Crippen LogP contribution is -2.42. The first-order valence-electron chi connectivity index (χ1n) is 10.6. The van der Waals surface area contributed by atoms with E-state index in [9.17, 15) is 14.0 Å². The normalized spacial score (nSPS) is 16.8. The number of rotatable bonds is 6. The minimum Gasteiger partial charge on any atom is -0.358 e. The van der Waals surface area contributed by atoms with Crippen molar-refractivity contribution < 1.29 is 14.0 Å². The summed E-state index contributed by atoms with van der Waals surface area (Å²) in [6, 6.07) is 2.67. The number of fused-ring (bicyclic) bond motifs is 2. The lowest BCUT2D eigenvalue weighted by atomic mass is 10.0. The Hall–Kier alpha value is -2.45. The predicted octanol–water partition coefficient (Wildman–Crippen LogP) is 4.06. The van der Waals surface area contributed by atoms with E-state index in [0.717, 1.165) is 37.3 Å². The molecule has 0 fully saturated rings. The maximum atomic E-state index is 13.9. The second kappa shape index (κ2) is 8.59. The zero-order valence-corrected chi connectivity index (χ0v) is 19.5. The number of nitrogens with one attached hydrogen (secondary N) is 2. The lowest BCUT2D eigenvalue weighted by molar-refractivity contribution is -0.110. The molecule has 2 aliphatic rings. The van der Waals surface area contributed by atoms with Gasteiger partial charge >= 0.3 is 0 Å². The number of halogens is 2. The van der Waals surface area contributed by atoms with E-state index in [1.165, 1.54) is 12.1 Å². The third-order valence-corrected chi connectivity index (χ3v) is 6.82. The number of hydrogen-bond acceptors (Lipinski definition) is 3. The Morgan fingerprint density at radius 1 is 1.26 bits per heavy atom. The lowest BCUT2D eigenvalue weighted by Gasteiger charge is -2.29. The highest BCUT2D eigenvalue weighted by Gasteiger charge is 2.31. The number of amides is 2. The van der Waals surface area contributed by atoms with Gasteiger partial charge in [-0.1, -0.05) is 13.8 Å². The van der Waals surface area contributed by atoms with E-state index in [4.69, 9.17) is 0 Å². The number of hydrogen-bond donors (Lipinski definition) is 2. The highest BCUT2D eigenvalue weighted by atomic mass is 79.9. The van der Waals surface area contributed by atoms with Gasteiger partial charge in [-0.25, -0.2) is 4.39 Å². The molecule has 6 nitrogen and oxygen atoms in total. The fourth-order valence-corrected chi connectivity index (χ4v) is 4.86. The maximum Gasteiger partial charge on any atom is 0.256 e. The minimum atomic E-state index is -0.422. The van der Waals surface area contributed by atoms with Crippen LogP contribution in [0.1, 0.15) is 46.7 Å². The molecule has 2 amide bonds. The van der Waals surface area contributed by atoms with Crippen molar-refractivity contribution >= 4 is 45.1 Å². The van der Waals surface area contributed by atoms with Crippen LogP contribution in [0.15, 0.2) is 16.6 Å². The average Bonchev–Trinajstić information content (AvgIpc) is 3.22. The largest absolute Gasteiger partial charge is 0.358 e. The first-order valence-corrected chi connectivity index (χ1v) is 11.4. The molecule has 1 aromatic heterocycles. The number of carbonyl (C=O) groups excluding carboxylic acids is 2. The van der Waals surface area contributed by atoms with Gasteiger partial charge in [0.2, 0.25) is 0 Å². The predicted molar refractivity (Wildman–Crippen MR) is 124 cm³/mol. The molecule has 0 saturated heterocycles. The number of aromatic nitrogens is 1. The molecule has 4 rings (SSSR count). The molecular weight excluding hydrogens is 463 g/mol. The minimum absolute atomic E-state index is 0.0249. The van der Waals surface area contributed by atoms with Crippen molar-refractivity contribution in [3.05, 3.63) is 50.5 Å². The number of nitrogens with zero attached hydrogens (tertiary/aromatic N) is 2. The Morgan fingerprint density at radius 2 is 2.00 bits per heavy atom.